The molecular formula is C20H22N2O4. The Morgan fingerprint density at radius 3 is 2.23 bits per heavy atom. The minimum atomic E-state index is -1.16. The summed E-state index contributed by atoms with van der Waals surface area (Å²) in [4.78, 5) is 27.9. The van der Waals surface area contributed by atoms with E-state index in [0.29, 0.717) is 18.5 Å². The van der Waals surface area contributed by atoms with Gasteiger partial charge in [0.15, 0.2) is 0 Å². The van der Waals surface area contributed by atoms with E-state index in [-0.39, 0.29) is 19.0 Å². The number of hydrogen-bond acceptors (Lipinski definition) is 3. The van der Waals surface area contributed by atoms with Crippen LogP contribution in [0, 0.1) is 0 Å². The summed E-state index contributed by atoms with van der Waals surface area (Å²) in [7, 11) is 0. The third-order valence-corrected chi connectivity index (χ3v) is 4.58. The normalized spacial score (nSPS) is 17.7. The highest BCUT2D eigenvalue weighted by Gasteiger charge is 2.36. The molecule has 0 unspecified atom stereocenters. The van der Waals surface area contributed by atoms with Gasteiger partial charge in [-0.25, -0.2) is 4.79 Å². The van der Waals surface area contributed by atoms with Crippen LogP contribution in [0.2, 0.25) is 0 Å². The van der Waals surface area contributed by atoms with E-state index in [4.69, 9.17) is 0 Å². The fraction of sp³-hybridized carbons (Fsp3) is 0.300. The molecule has 1 aliphatic rings. The van der Waals surface area contributed by atoms with E-state index in [2.05, 4.69) is 0 Å². The number of likely N-dealkylation sites (tertiary alicyclic amines) is 1. The molecule has 2 amide bonds. The molecule has 1 aliphatic heterocycles. The molecule has 0 bridgehead atoms. The van der Waals surface area contributed by atoms with Gasteiger partial charge in [-0.15, -0.1) is 0 Å². The molecule has 6 nitrogen and oxygen atoms in total. The van der Waals surface area contributed by atoms with Gasteiger partial charge in [0, 0.05) is 13.1 Å². The zero-order valence-electron chi connectivity index (χ0n) is 14.4. The molecule has 1 heterocycles. The van der Waals surface area contributed by atoms with Crippen LogP contribution >= 0.6 is 0 Å². The Morgan fingerprint density at radius 2 is 1.69 bits per heavy atom. The smallest absolute Gasteiger partial charge is 0.408 e. The van der Waals surface area contributed by atoms with Crippen molar-refractivity contribution in [3.05, 3.63) is 71.8 Å². The van der Waals surface area contributed by atoms with Crippen molar-refractivity contribution in [2.45, 2.75) is 25.1 Å². The van der Waals surface area contributed by atoms with E-state index >= 15 is 0 Å². The van der Waals surface area contributed by atoms with Gasteiger partial charge in [-0.3, -0.25) is 9.69 Å². The number of β-amino-alcohol motifs (C(OH)–C–C–N with tert-alkyl or cyclic N) is 1. The number of benzene rings is 2. The molecule has 2 aromatic rings. The minimum Gasteiger partial charge on any atom is -0.465 e. The van der Waals surface area contributed by atoms with Crippen LogP contribution in [0.25, 0.3) is 0 Å². The van der Waals surface area contributed by atoms with Gasteiger partial charge >= 0.3 is 6.09 Å². The molecule has 26 heavy (non-hydrogen) atoms. The Kier molecular flexibility index (Phi) is 5.53. The maximum atomic E-state index is 13.1. The minimum absolute atomic E-state index is 0.109. The fourth-order valence-corrected chi connectivity index (χ4v) is 3.26. The number of amides is 2. The summed E-state index contributed by atoms with van der Waals surface area (Å²) in [6, 6.07) is 17.2. The van der Waals surface area contributed by atoms with Gasteiger partial charge in [-0.05, 0) is 17.5 Å². The summed E-state index contributed by atoms with van der Waals surface area (Å²) < 4.78 is 0. The molecular weight excluding hydrogens is 332 g/mol. The summed E-state index contributed by atoms with van der Waals surface area (Å²) in [6.07, 6.45) is -1.20. The predicted molar refractivity (Wildman–Crippen MR) is 96.4 cm³/mol. The third-order valence-electron chi connectivity index (χ3n) is 4.58. The van der Waals surface area contributed by atoms with Crippen LogP contribution < -0.4 is 0 Å². The first-order chi connectivity index (χ1) is 12.6. The Hall–Kier alpha value is -2.86. The van der Waals surface area contributed by atoms with Crippen molar-refractivity contribution in [3.63, 3.8) is 0 Å². The molecule has 2 N–H and O–H groups in total. The highest BCUT2D eigenvalue weighted by molar-refractivity contribution is 5.87. The fourth-order valence-electron chi connectivity index (χ4n) is 3.26. The SMILES string of the molecule is O=C([C@H](c1ccccc1)N(Cc1ccccc1)C(=O)O)N1CC[C@@H](O)C1. The van der Waals surface area contributed by atoms with E-state index in [1.807, 2.05) is 36.4 Å². The van der Waals surface area contributed by atoms with Crippen LogP contribution in [0.4, 0.5) is 4.79 Å². The molecule has 136 valence electrons. The van der Waals surface area contributed by atoms with E-state index in [0.717, 1.165) is 10.5 Å². The quantitative estimate of drug-likeness (QED) is 0.864. The summed E-state index contributed by atoms with van der Waals surface area (Å²) in [6.45, 7) is 0.779. The predicted octanol–water partition coefficient (Wildman–Crippen LogP) is 2.50. The standard InChI is InChI=1S/C20H22N2O4/c23-17-11-12-21(14-17)19(24)18(16-9-5-2-6-10-16)22(20(25)26)13-15-7-3-1-4-8-15/h1-10,17-18,23H,11-14H2,(H,25,26)/t17-,18+/m1/s1. The topological polar surface area (TPSA) is 81.1 Å². The van der Waals surface area contributed by atoms with E-state index < -0.39 is 18.2 Å². The first-order valence-electron chi connectivity index (χ1n) is 8.61. The lowest BCUT2D eigenvalue weighted by atomic mass is 10.0. The summed E-state index contributed by atoms with van der Waals surface area (Å²) in [5.74, 6) is -0.300. The third kappa shape index (κ3) is 4.03. The van der Waals surface area contributed by atoms with Gasteiger partial charge in [0.2, 0.25) is 5.91 Å². The Balaban J connectivity index is 1.94. The highest BCUT2D eigenvalue weighted by atomic mass is 16.4. The number of aliphatic hydroxyl groups is 1. The second kappa shape index (κ2) is 8.01. The van der Waals surface area contributed by atoms with Crippen molar-refractivity contribution in [2.24, 2.45) is 0 Å². The molecule has 2 atom stereocenters. The molecule has 0 aromatic heterocycles. The van der Waals surface area contributed by atoms with E-state index in [9.17, 15) is 19.8 Å². The summed E-state index contributed by atoms with van der Waals surface area (Å²) in [5.41, 5.74) is 1.43. The zero-order chi connectivity index (χ0) is 18.5. The van der Waals surface area contributed by atoms with Crippen LogP contribution in [0.1, 0.15) is 23.6 Å². The Bertz CT molecular complexity index is 751. The number of rotatable bonds is 5. The molecule has 1 fully saturated rings. The molecule has 2 aromatic carbocycles. The van der Waals surface area contributed by atoms with Gasteiger partial charge < -0.3 is 15.1 Å². The van der Waals surface area contributed by atoms with Gasteiger partial charge in [0.25, 0.3) is 0 Å². The molecule has 6 heteroatoms. The van der Waals surface area contributed by atoms with Crippen LogP contribution in [0.3, 0.4) is 0 Å². The number of carbonyl (C=O) groups excluding carboxylic acids is 1. The molecule has 1 saturated heterocycles. The number of nitrogens with zero attached hydrogens (tertiary/aromatic N) is 2. The largest absolute Gasteiger partial charge is 0.465 e. The van der Waals surface area contributed by atoms with Gasteiger partial charge in [-0.2, -0.15) is 0 Å². The summed E-state index contributed by atoms with van der Waals surface area (Å²) >= 11 is 0. The second-order valence-corrected chi connectivity index (χ2v) is 6.44. The number of aliphatic hydroxyl groups excluding tert-OH is 1. The number of carboxylic acid groups (broad SMARTS) is 1. The lowest BCUT2D eigenvalue weighted by molar-refractivity contribution is -0.136. The lowest BCUT2D eigenvalue weighted by Gasteiger charge is -2.32. The van der Waals surface area contributed by atoms with Crippen molar-refractivity contribution < 1.29 is 19.8 Å². The van der Waals surface area contributed by atoms with Crippen LogP contribution in [0.15, 0.2) is 60.7 Å². The van der Waals surface area contributed by atoms with Gasteiger partial charge in [-0.1, -0.05) is 60.7 Å². The zero-order valence-corrected chi connectivity index (χ0v) is 14.4. The molecule has 3 rings (SSSR count). The highest BCUT2D eigenvalue weighted by Crippen LogP contribution is 2.27. The molecule has 0 radical (unpaired) electrons. The van der Waals surface area contributed by atoms with Crippen molar-refractivity contribution in [2.75, 3.05) is 13.1 Å². The van der Waals surface area contributed by atoms with Gasteiger partial charge in [0.05, 0.1) is 12.6 Å². The van der Waals surface area contributed by atoms with Crippen molar-refractivity contribution >= 4 is 12.0 Å². The average Bonchev–Trinajstić information content (AvgIpc) is 3.09. The van der Waals surface area contributed by atoms with Crippen molar-refractivity contribution in [3.8, 4) is 0 Å². The molecule has 0 spiro atoms. The lowest BCUT2D eigenvalue weighted by Crippen LogP contribution is -2.44. The maximum absolute atomic E-state index is 13.1. The molecule has 0 saturated carbocycles. The first-order valence-corrected chi connectivity index (χ1v) is 8.61. The number of hydrogen-bond donors (Lipinski definition) is 2. The first kappa shape index (κ1) is 17.9. The van der Waals surface area contributed by atoms with E-state index in [1.165, 1.54) is 0 Å². The van der Waals surface area contributed by atoms with Crippen molar-refractivity contribution in [1.82, 2.24) is 9.80 Å². The average molecular weight is 354 g/mol. The van der Waals surface area contributed by atoms with Crippen LogP contribution in [-0.4, -0.2) is 51.2 Å². The van der Waals surface area contributed by atoms with Gasteiger partial charge in [0.1, 0.15) is 6.04 Å². The Morgan fingerprint density at radius 1 is 1.08 bits per heavy atom. The molecule has 0 aliphatic carbocycles. The van der Waals surface area contributed by atoms with Crippen molar-refractivity contribution in [1.29, 1.82) is 0 Å². The van der Waals surface area contributed by atoms with Crippen LogP contribution in [-0.2, 0) is 11.3 Å². The second-order valence-electron chi connectivity index (χ2n) is 6.44. The maximum Gasteiger partial charge on any atom is 0.408 e. The Labute approximate surface area is 152 Å². The van der Waals surface area contributed by atoms with Crippen LogP contribution in [0.5, 0.6) is 0 Å². The van der Waals surface area contributed by atoms with E-state index in [1.54, 1.807) is 29.2 Å². The summed E-state index contributed by atoms with van der Waals surface area (Å²) in [5, 5.41) is 19.6. The number of carbonyl (C=O) groups is 2. The monoisotopic (exact) mass is 354 g/mol.